The molecule has 0 fully saturated rings. The normalized spacial score (nSPS) is 14.8. The minimum atomic E-state index is 0.304. The molecule has 0 aliphatic rings. The van der Waals surface area contributed by atoms with Gasteiger partial charge in [-0.05, 0) is 26.8 Å². The number of hydrogen-bond acceptors (Lipinski definition) is 4. The lowest BCUT2D eigenvalue weighted by molar-refractivity contribution is 0.353. The van der Waals surface area contributed by atoms with Crippen LogP contribution in [0.4, 0.5) is 0 Å². The molecule has 0 radical (unpaired) electrons. The van der Waals surface area contributed by atoms with E-state index in [0.29, 0.717) is 18.6 Å². The molecule has 0 saturated heterocycles. The molecular weight excluding hydrogens is 216 g/mol. The molecule has 17 heavy (non-hydrogen) atoms. The fourth-order valence-electron chi connectivity index (χ4n) is 1.69. The maximum Gasteiger partial charge on any atom is 0.133 e. The van der Waals surface area contributed by atoms with Gasteiger partial charge in [-0.3, -0.25) is 4.68 Å². The summed E-state index contributed by atoms with van der Waals surface area (Å²) in [7, 11) is 0. The summed E-state index contributed by atoms with van der Waals surface area (Å²) in [6.45, 7) is 6.88. The average molecular weight is 234 g/mol. The number of aryl methyl sites for hydroxylation is 1. The number of aromatic nitrogens is 3. The van der Waals surface area contributed by atoms with Crippen molar-refractivity contribution in [3.05, 3.63) is 36.0 Å². The number of nitrogens with one attached hydrogen (secondary N) is 1. The van der Waals surface area contributed by atoms with E-state index in [1.807, 2.05) is 29.9 Å². The molecule has 0 aliphatic heterocycles. The molecule has 2 aromatic heterocycles. The van der Waals surface area contributed by atoms with E-state index in [1.165, 1.54) is 0 Å². The van der Waals surface area contributed by atoms with Crippen molar-refractivity contribution in [2.24, 2.45) is 0 Å². The lowest BCUT2D eigenvalue weighted by Crippen LogP contribution is -2.33. The Morgan fingerprint density at radius 2 is 2.29 bits per heavy atom. The van der Waals surface area contributed by atoms with Gasteiger partial charge in [0.2, 0.25) is 0 Å². The van der Waals surface area contributed by atoms with Gasteiger partial charge in [0.25, 0.3) is 0 Å². The standard InChI is InChI=1S/C12H18N4O/c1-9-7-12(15-17-9)8-13-10(2)11(3)16-6-4-5-14-16/h4-7,10-11,13H,8H2,1-3H3/t10-,11+/m0/s1. The van der Waals surface area contributed by atoms with Gasteiger partial charge in [-0.1, -0.05) is 5.16 Å². The van der Waals surface area contributed by atoms with Crippen LogP contribution in [-0.4, -0.2) is 21.0 Å². The lowest BCUT2D eigenvalue weighted by Gasteiger charge is -2.21. The minimum Gasteiger partial charge on any atom is -0.361 e. The molecule has 5 heteroatoms. The maximum atomic E-state index is 5.02. The zero-order valence-corrected chi connectivity index (χ0v) is 10.4. The summed E-state index contributed by atoms with van der Waals surface area (Å²) in [6, 6.07) is 4.49. The molecular formula is C12H18N4O. The molecule has 1 N–H and O–H groups in total. The topological polar surface area (TPSA) is 55.9 Å². The third kappa shape index (κ3) is 2.94. The highest BCUT2D eigenvalue weighted by atomic mass is 16.5. The number of hydrogen-bond donors (Lipinski definition) is 1. The van der Waals surface area contributed by atoms with Crippen molar-refractivity contribution in [1.29, 1.82) is 0 Å². The van der Waals surface area contributed by atoms with Crippen LogP contribution in [0.5, 0.6) is 0 Å². The molecule has 5 nitrogen and oxygen atoms in total. The van der Waals surface area contributed by atoms with Crippen LogP contribution in [0.3, 0.4) is 0 Å². The molecule has 2 atom stereocenters. The highest BCUT2D eigenvalue weighted by Gasteiger charge is 2.14. The molecule has 0 spiro atoms. The van der Waals surface area contributed by atoms with Gasteiger partial charge in [0.15, 0.2) is 0 Å². The molecule has 2 heterocycles. The average Bonchev–Trinajstić information content (AvgIpc) is 2.95. The van der Waals surface area contributed by atoms with E-state index in [1.54, 1.807) is 6.20 Å². The first-order chi connectivity index (χ1) is 8.16. The molecule has 2 rings (SSSR count). The van der Waals surface area contributed by atoms with Gasteiger partial charge in [0.1, 0.15) is 5.76 Å². The van der Waals surface area contributed by atoms with Gasteiger partial charge in [-0.15, -0.1) is 0 Å². The second-order valence-electron chi connectivity index (χ2n) is 4.33. The number of rotatable bonds is 5. The molecule has 0 unspecified atom stereocenters. The third-order valence-electron chi connectivity index (χ3n) is 2.95. The molecule has 0 amide bonds. The Kier molecular flexibility index (Phi) is 3.58. The fourth-order valence-corrected chi connectivity index (χ4v) is 1.69. The lowest BCUT2D eigenvalue weighted by atomic mass is 10.1. The van der Waals surface area contributed by atoms with Crippen molar-refractivity contribution in [1.82, 2.24) is 20.3 Å². The first-order valence-corrected chi connectivity index (χ1v) is 5.81. The fraction of sp³-hybridized carbons (Fsp3) is 0.500. The van der Waals surface area contributed by atoms with Crippen LogP contribution >= 0.6 is 0 Å². The van der Waals surface area contributed by atoms with Gasteiger partial charge >= 0.3 is 0 Å². The monoisotopic (exact) mass is 234 g/mol. The van der Waals surface area contributed by atoms with Crippen molar-refractivity contribution in [2.75, 3.05) is 0 Å². The second-order valence-corrected chi connectivity index (χ2v) is 4.33. The van der Waals surface area contributed by atoms with Crippen molar-refractivity contribution in [2.45, 2.75) is 39.4 Å². The summed E-state index contributed by atoms with van der Waals surface area (Å²) in [5.41, 5.74) is 0.932. The second kappa shape index (κ2) is 5.14. The maximum absolute atomic E-state index is 5.02. The summed E-state index contributed by atoms with van der Waals surface area (Å²) >= 11 is 0. The van der Waals surface area contributed by atoms with Gasteiger partial charge in [-0.2, -0.15) is 5.10 Å². The number of nitrogens with zero attached hydrogens (tertiary/aromatic N) is 3. The predicted octanol–water partition coefficient (Wildman–Crippen LogP) is 1.92. The van der Waals surface area contributed by atoms with Crippen molar-refractivity contribution < 1.29 is 4.52 Å². The molecule has 0 aliphatic carbocycles. The Morgan fingerprint density at radius 1 is 1.47 bits per heavy atom. The first kappa shape index (κ1) is 11.9. The summed E-state index contributed by atoms with van der Waals surface area (Å²) in [5.74, 6) is 0.842. The molecule has 0 aromatic carbocycles. The van der Waals surface area contributed by atoms with E-state index in [9.17, 15) is 0 Å². The highest BCUT2D eigenvalue weighted by Crippen LogP contribution is 2.10. The summed E-state index contributed by atoms with van der Waals surface area (Å²) < 4.78 is 6.97. The minimum absolute atomic E-state index is 0.304. The summed E-state index contributed by atoms with van der Waals surface area (Å²) in [5, 5.41) is 11.6. The molecule has 92 valence electrons. The Bertz CT molecular complexity index is 449. The van der Waals surface area contributed by atoms with Crippen LogP contribution in [-0.2, 0) is 6.54 Å². The van der Waals surface area contributed by atoms with E-state index in [-0.39, 0.29) is 0 Å². The van der Waals surface area contributed by atoms with Crippen LogP contribution in [0.15, 0.2) is 29.0 Å². The molecule has 2 aromatic rings. The Balaban J connectivity index is 1.87. The van der Waals surface area contributed by atoms with Crippen LogP contribution < -0.4 is 5.32 Å². The van der Waals surface area contributed by atoms with E-state index in [2.05, 4.69) is 29.4 Å². The Hall–Kier alpha value is -1.62. The van der Waals surface area contributed by atoms with Crippen LogP contribution in [0.1, 0.15) is 31.3 Å². The Morgan fingerprint density at radius 3 is 2.88 bits per heavy atom. The Labute approximate surface area is 101 Å². The highest BCUT2D eigenvalue weighted by molar-refractivity contribution is 5.03. The molecule has 0 saturated carbocycles. The van der Waals surface area contributed by atoms with Gasteiger partial charge < -0.3 is 9.84 Å². The quantitative estimate of drug-likeness (QED) is 0.858. The van der Waals surface area contributed by atoms with Crippen LogP contribution in [0, 0.1) is 6.92 Å². The summed E-state index contributed by atoms with van der Waals surface area (Å²) in [4.78, 5) is 0. The van der Waals surface area contributed by atoms with E-state index >= 15 is 0 Å². The SMILES string of the molecule is Cc1cc(CN[C@@H](C)[C@@H](C)n2cccn2)no1. The first-order valence-electron chi connectivity index (χ1n) is 5.81. The summed E-state index contributed by atoms with van der Waals surface area (Å²) in [6.07, 6.45) is 3.77. The predicted molar refractivity (Wildman–Crippen MR) is 64.5 cm³/mol. The zero-order valence-electron chi connectivity index (χ0n) is 10.4. The van der Waals surface area contributed by atoms with Gasteiger partial charge in [0.05, 0.1) is 11.7 Å². The zero-order chi connectivity index (χ0) is 12.3. The van der Waals surface area contributed by atoms with E-state index in [4.69, 9.17) is 4.52 Å². The van der Waals surface area contributed by atoms with Crippen LogP contribution in [0.2, 0.25) is 0 Å². The van der Waals surface area contributed by atoms with Crippen molar-refractivity contribution in [3.63, 3.8) is 0 Å². The molecule has 0 bridgehead atoms. The van der Waals surface area contributed by atoms with Gasteiger partial charge in [-0.25, -0.2) is 0 Å². The largest absolute Gasteiger partial charge is 0.361 e. The van der Waals surface area contributed by atoms with E-state index < -0.39 is 0 Å². The van der Waals surface area contributed by atoms with Crippen molar-refractivity contribution >= 4 is 0 Å². The van der Waals surface area contributed by atoms with Crippen molar-refractivity contribution in [3.8, 4) is 0 Å². The van der Waals surface area contributed by atoms with E-state index in [0.717, 1.165) is 11.5 Å². The van der Waals surface area contributed by atoms with Crippen LogP contribution in [0.25, 0.3) is 0 Å². The smallest absolute Gasteiger partial charge is 0.133 e. The third-order valence-corrected chi connectivity index (χ3v) is 2.95. The van der Waals surface area contributed by atoms with Gasteiger partial charge in [0, 0.05) is 31.0 Å².